The predicted molar refractivity (Wildman–Crippen MR) is 132 cm³/mol. The minimum atomic E-state index is -0.268. The molecule has 9 heteroatoms. The minimum Gasteiger partial charge on any atom is -0.378 e. The molecule has 5 rings (SSSR count). The molecule has 0 saturated carbocycles. The van der Waals surface area contributed by atoms with Crippen molar-refractivity contribution in [2.45, 2.75) is 19.4 Å². The van der Waals surface area contributed by atoms with Crippen molar-refractivity contribution < 1.29 is 13.9 Å². The van der Waals surface area contributed by atoms with Crippen LogP contribution in [-0.4, -0.2) is 53.7 Å². The fourth-order valence-electron chi connectivity index (χ4n) is 4.32. The highest BCUT2D eigenvalue weighted by Crippen LogP contribution is 2.29. The Balaban J connectivity index is 1.42. The predicted octanol–water partition coefficient (Wildman–Crippen LogP) is 4.40. The molecule has 3 heterocycles. The Morgan fingerprint density at radius 2 is 1.91 bits per heavy atom. The molecule has 2 aromatic carbocycles. The molecule has 0 atom stereocenters. The van der Waals surface area contributed by atoms with Crippen LogP contribution in [0.2, 0.25) is 0 Å². The van der Waals surface area contributed by atoms with Crippen LogP contribution in [0.4, 0.5) is 20.7 Å². The summed E-state index contributed by atoms with van der Waals surface area (Å²) in [6.07, 6.45) is 1.09. The van der Waals surface area contributed by atoms with Crippen molar-refractivity contribution >= 4 is 33.5 Å². The SMILES string of the molecule is O=C(Nc1ccccc1Br)N1CCc2nc(Cc3cccc(F)c3)nc(N3CCOCC3)c2C1. The number of fused-ring (bicyclic) bond motifs is 1. The van der Waals surface area contributed by atoms with Gasteiger partial charge in [-0.3, -0.25) is 0 Å². The summed E-state index contributed by atoms with van der Waals surface area (Å²) in [5, 5.41) is 2.99. The lowest BCUT2D eigenvalue weighted by Gasteiger charge is -2.34. The largest absolute Gasteiger partial charge is 0.378 e. The van der Waals surface area contributed by atoms with Gasteiger partial charge in [-0.2, -0.15) is 0 Å². The highest BCUT2D eigenvalue weighted by Gasteiger charge is 2.28. The number of amides is 2. The summed E-state index contributed by atoms with van der Waals surface area (Å²) in [6, 6.07) is 13.9. The Kier molecular flexibility index (Phi) is 6.73. The molecule has 1 fully saturated rings. The van der Waals surface area contributed by atoms with Crippen LogP contribution in [0.5, 0.6) is 0 Å². The van der Waals surface area contributed by atoms with Crippen LogP contribution in [0, 0.1) is 5.82 Å². The number of aromatic nitrogens is 2. The van der Waals surface area contributed by atoms with E-state index in [-0.39, 0.29) is 11.8 Å². The maximum absolute atomic E-state index is 13.7. The Morgan fingerprint density at radius 3 is 2.71 bits per heavy atom. The molecular formula is C25H25BrFN5O2. The number of hydrogen-bond acceptors (Lipinski definition) is 5. The fourth-order valence-corrected chi connectivity index (χ4v) is 4.71. The van der Waals surface area contributed by atoms with Gasteiger partial charge in [0.05, 0.1) is 31.1 Å². The number of nitrogens with one attached hydrogen (secondary N) is 1. The Bertz CT molecular complexity index is 1200. The van der Waals surface area contributed by atoms with Gasteiger partial charge >= 0.3 is 6.03 Å². The second kappa shape index (κ2) is 10.1. The molecule has 0 aliphatic carbocycles. The summed E-state index contributed by atoms with van der Waals surface area (Å²) in [4.78, 5) is 26.8. The van der Waals surface area contributed by atoms with E-state index in [9.17, 15) is 9.18 Å². The number of benzene rings is 2. The average molecular weight is 526 g/mol. The van der Waals surface area contributed by atoms with Gasteiger partial charge in [-0.25, -0.2) is 19.2 Å². The molecule has 1 saturated heterocycles. The van der Waals surface area contributed by atoms with Gasteiger partial charge in [0.25, 0.3) is 0 Å². The number of carbonyl (C=O) groups excluding carboxylic acids is 1. The van der Waals surface area contributed by atoms with Crippen LogP contribution in [0.1, 0.15) is 22.6 Å². The standard InChI is InChI=1S/C25H25BrFN5O2/c26-20-6-1-2-7-22(20)29-25(33)32-9-8-21-19(16-32)24(31-10-12-34-13-11-31)30-23(28-21)15-17-4-3-5-18(27)14-17/h1-7,14H,8-13,15-16H2,(H,29,33). The Morgan fingerprint density at radius 1 is 1.09 bits per heavy atom. The molecule has 176 valence electrons. The second-order valence-corrected chi connectivity index (χ2v) is 9.23. The third-order valence-electron chi connectivity index (χ3n) is 6.05. The maximum atomic E-state index is 13.7. The first kappa shape index (κ1) is 22.7. The van der Waals surface area contributed by atoms with Crippen LogP contribution < -0.4 is 10.2 Å². The third-order valence-corrected chi connectivity index (χ3v) is 6.74. The summed E-state index contributed by atoms with van der Waals surface area (Å²) in [5.41, 5.74) is 3.48. The summed E-state index contributed by atoms with van der Waals surface area (Å²) < 4.78 is 20.1. The first-order valence-electron chi connectivity index (χ1n) is 11.3. The van der Waals surface area contributed by atoms with Crippen molar-refractivity contribution in [3.63, 3.8) is 0 Å². The zero-order valence-corrected chi connectivity index (χ0v) is 20.2. The van der Waals surface area contributed by atoms with Crippen molar-refractivity contribution in [3.05, 3.63) is 81.5 Å². The third kappa shape index (κ3) is 5.05. The van der Waals surface area contributed by atoms with Crippen molar-refractivity contribution in [2.24, 2.45) is 0 Å². The summed E-state index contributed by atoms with van der Waals surface area (Å²) in [5.74, 6) is 1.24. The fraction of sp³-hybridized carbons (Fsp3) is 0.320. The smallest absolute Gasteiger partial charge is 0.322 e. The molecule has 2 aliphatic heterocycles. The molecular weight excluding hydrogens is 501 g/mol. The summed E-state index contributed by atoms with van der Waals surface area (Å²) in [7, 11) is 0. The van der Waals surface area contributed by atoms with E-state index in [2.05, 4.69) is 26.1 Å². The minimum absolute atomic E-state index is 0.158. The lowest BCUT2D eigenvalue weighted by molar-refractivity contribution is 0.122. The van der Waals surface area contributed by atoms with Crippen LogP contribution >= 0.6 is 15.9 Å². The quantitative estimate of drug-likeness (QED) is 0.546. The topological polar surface area (TPSA) is 70.6 Å². The molecule has 34 heavy (non-hydrogen) atoms. The Hall–Kier alpha value is -3.04. The molecule has 2 aliphatic rings. The number of nitrogens with zero attached hydrogens (tertiary/aromatic N) is 4. The lowest BCUT2D eigenvalue weighted by atomic mass is 10.0. The molecule has 1 aromatic heterocycles. The van der Waals surface area contributed by atoms with Gasteiger partial charge in [0.2, 0.25) is 0 Å². The molecule has 0 bridgehead atoms. The number of rotatable bonds is 4. The lowest BCUT2D eigenvalue weighted by Crippen LogP contribution is -2.42. The molecule has 0 unspecified atom stereocenters. The van der Waals surface area contributed by atoms with Gasteiger partial charge in [-0.1, -0.05) is 24.3 Å². The van der Waals surface area contributed by atoms with Gasteiger partial charge in [0, 0.05) is 42.5 Å². The molecule has 2 amide bonds. The zero-order chi connectivity index (χ0) is 23.5. The van der Waals surface area contributed by atoms with Crippen molar-refractivity contribution in [2.75, 3.05) is 43.1 Å². The summed E-state index contributed by atoms with van der Waals surface area (Å²) >= 11 is 3.48. The van der Waals surface area contributed by atoms with E-state index in [1.165, 1.54) is 12.1 Å². The highest BCUT2D eigenvalue weighted by atomic mass is 79.9. The van der Waals surface area contributed by atoms with E-state index in [0.29, 0.717) is 45.0 Å². The number of urea groups is 1. The molecule has 0 radical (unpaired) electrons. The van der Waals surface area contributed by atoms with E-state index in [4.69, 9.17) is 14.7 Å². The van der Waals surface area contributed by atoms with E-state index in [0.717, 1.165) is 45.9 Å². The molecule has 0 spiro atoms. The van der Waals surface area contributed by atoms with Crippen molar-refractivity contribution in [1.29, 1.82) is 0 Å². The number of anilines is 2. The number of ether oxygens (including phenoxy) is 1. The first-order chi connectivity index (χ1) is 16.6. The maximum Gasteiger partial charge on any atom is 0.322 e. The van der Waals surface area contributed by atoms with Gasteiger partial charge < -0.3 is 19.9 Å². The van der Waals surface area contributed by atoms with Gasteiger partial charge in [0.15, 0.2) is 0 Å². The number of halogens is 2. The van der Waals surface area contributed by atoms with Crippen LogP contribution in [-0.2, 0) is 24.1 Å². The van der Waals surface area contributed by atoms with Crippen LogP contribution in [0.25, 0.3) is 0 Å². The highest BCUT2D eigenvalue weighted by molar-refractivity contribution is 9.10. The Labute approximate surface area is 206 Å². The van der Waals surface area contributed by atoms with E-state index < -0.39 is 0 Å². The van der Waals surface area contributed by atoms with Crippen LogP contribution in [0.15, 0.2) is 53.0 Å². The van der Waals surface area contributed by atoms with E-state index >= 15 is 0 Å². The number of morpholine rings is 1. The second-order valence-electron chi connectivity index (χ2n) is 8.38. The van der Waals surface area contributed by atoms with E-state index in [1.54, 1.807) is 11.0 Å². The molecule has 3 aromatic rings. The average Bonchev–Trinajstić information content (AvgIpc) is 2.85. The number of para-hydroxylation sites is 1. The van der Waals surface area contributed by atoms with Gasteiger partial charge in [-0.15, -0.1) is 0 Å². The number of hydrogen-bond donors (Lipinski definition) is 1. The number of carbonyl (C=O) groups is 1. The van der Waals surface area contributed by atoms with Gasteiger partial charge in [0.1, 0.15) is 17.5 Å². The summed E-state index contributed by atoms with van der Waals surface area (Å²) in [6.45, 7) is 3.70. The van der Waals surface area contributed by atoms with Gasteiger partial charge in [-0.05, 0) is 45.8 Å². The zero-order valence-electron chi connectivity index (χ0n) is 18.6. The molecule has 7 nitrogen and oxygen atoms in total. The van der Waals surface area contributed by atoms with Crippen molar-refractivity contribution in [3.8, 4) is 0 Å². The monoisotopic (exact) mass is 525 g/mol. The molecule has 1 N–H and O–H groups in total. The normalized spacial score (nSPS) is 15.7. The first-order valence-corrected chi connectivity index (χ1v) is 12.1. The van der Waals surface area contributed by atoms with Crippen molar-refractivity contribution in [1.82, 2.24) is 14.9 Å². The van der Waals surface area contributed by atoms with E-state index in [1.807, 2.05) is 30.3 Å². The van der Waals surface area contributed by atoms with Crippen LogP contribution in [0.3, 0.4) is 0 Å².